The monoisotopic (exact) mass is 367 g/mol. The van der Waals surface area contributed by atoms with Crippen LogP contribution < -0.4 is 5.32 Å². The topological polar surface area (TPSA) is 46.9 Å². The first-order valence-corrected chi connectivity index (χ1v) is 8.95. The Labute approximate surface area is 153 Å². The number of nitrogens with zero attached hydrogens (tertiary/aromatic N) is 2. The lowest BCUT2D eigenvalue weighted by molar-refractivity contribution is 0.0951. The zero-order valence-corrected chi connectivity index (χ0v) is 14.7. The van der Waals surface area contributed by atoms with Gasteiger partial charge in [0, 0.05) is 33.9 Å². The largest absolute Gasteiger partial charge is 0.347 e. The van der Waals surface area contributed by atoms with Gasteiger partial charge in [0.1, 0.15) is 5.65 Å². The molecule has 3 aromatic heterocycles. The fraction of sp³-hybridized carbons (Fsp3) is 0.0526. The standard InChI is InChI=1S/C19H14ClN3OS/c20-17-8-7-16(25-17)12-22-19(24)14-3-5-15(6-4-14)23-11-9-13-2-1-10-21-18(13)23/h1-11H,12H2,(H,22,24). The SMILES string of the molecule is O=C(NCc1ccc(Cl)s1)c1ccc(-n2ccc3cccnc32)cc1. The predicted molar refractivity (Wildman–Crippen MR) is 102 cm³/mol. The molecule has 0 fully saturated rings. The van der Waals surface area contributed by atoms with Gasteiger partial charge in [0.15, 0.2) is 0 Å². The summed E-state index contributed by atoms with van der Waals surface area (Å²) in [5.74, 6) is -0.105. The van der Waals surface area contributed by atoms with Crippen LogP contribution in [0.3, 0.4) is 0 Å². The first-order valence-electron chi connectivity index (χ1n) is 7.76. The van der Waals surface area contributed by atoms with E-state index in [2.05, 4.69) is 10.3 Å². The summed E-state index contributed by atoms with van der Waals surface area (Å²) < 4.78 is 2.73. The Morgan fingerprint density at radius 2 is 1.96 bits per heavy atom. The number of rotatable bonds is 4. The molecule has 0 radical (unpaired) electrons. The summed E-state index contributed by atoms with van der Waals surface area (Å²) in [4.78, 5) is 17.7. The number of hydrogen-bond donors (Lipinski definition) is 1. The molecule has 0 bridgehead atoms. The summed E-state index contributed by atoms with van der Waals surface area (Å²) in [5.41, 5.74) is 2.49. The lowest BCUT2D eigenvalue weighted by Crippen LogP contribution is -2.22. The third kappa shape index (κ3) is 3.29. The second-order valence-corrected chi connectivity index (χ2v) is 7.34. The van der Waals surface area contributed by atoms with Crippen molar-refractivity contribution >= 4 is 39.9 Å². The maximum atomic E-state index is 12.3. The molecule has 0 saturated carbocycles. The maximum Gasteiger partial charge on any atom is 0.251 e. The number of halogens is 1. The van der Waals surface area contributed by atoms with Crippen molar-refractivity contribution in [2.75, 3.05) is 0 Å². The molecule has 1 aromatic carbocycles. The zero-order valence-electron chi connectivity index (χ0n) is 13.1. The van der Waals surface area contributed by atoms with Crippen molar-refractivity contribution in [3.05, 3.63) is 81.8 Å². The van der Waals surface area contributed by atoms with Gasteiger partial charge in [0.2, 0.25) is 0 Å². The number of hydrogen-bond acceptors (Lipinski definition) is 3. The molecule has 0 aliphatic heterocycles. The van der Waals surface area contributed by atoms with Gasteiger partial charge in [0.05, 0.1) is 10.9 Å². The van der Waals surface area contributed by atoms with Crippen molar-refractivity contribution in [1.82, 2.24) is 14.9 Å². The van der Waals surface area contributed by atoms with Gasteiger partial charge in [-0.3, -0.25) is 4.79 Å². The summed E-state index contributed by atoms with van der Waals surface area (Å²) in [6, 6.07) is 17.2. The number of nitrogens with one attached hydrogen (secondary N) is 1. The van der Waals surface area contributed by atoms with E-state index in [0.717, 1.165) is 25.9 Å². The number of benzene rings is 1. The van der Waals surface area contributed by atoms with Crippen molar-refractivity contribution in [1.29, 1.82) is 0 Å². The second kappa shape index (κ2) is 6.70. The molecule has 0 unspecified atom stereocenters. The molecular formula is C19H14ClN3OS. The van der Waals surface area contributed by atoms with E-state index in [9.17, 15) is 4.79 Å². The molecule has 0 atom stereocenters. The molecule has 1 amide bonds. The van der Waals surface area contributed by atoms with Gasteiger partial charge >= 0.3 is 0 Å². The Bertz CT molecular complexity index is 1040. The second-order valence-electron chi connectivity index (χ2n) is 5.54. The molecule has 4 aromatic rings. The maximum absolute atomic E-state index is 12.3. The summed E-state index contributed by atoms with van der Waals surface area (Å²) >= 11 is 7.37. The van der Waals surface area contributed by atoms with Crippen LogP contribution in [0.1, 0.15) is 15.2 Å². The summed E-state index contributed by atoms with van der Waals surface area (Å²) in [6.07, 6.45) is 3.75. The molecule has 4 nitrogen and oxygen atoms in total. The van der Waals surface area contributed by atoms with E-state index in [4.69, 9.17) is 11.6 Å². The number of pyridine rings is 1. The highest BCUT2D eigenvalue weighted by Crippen LogP contribution is 2.21. The molecule has 124 valence electrons. The third-order valence-electron chi connectivity index (χ3n) is 3.91. The highest BCUT2D eigenvalue weighted by molar-refractivity contribution is 7.16. The van der Waals surface area contributed by atoms with E-state index < -0.39 is 0 Å². The van der Waals surface area contributed by atoms with Gasteiger partial charge in [-0.05, 0) is 54.6 Å². The molecule has 0 saturated heterocycles. The van der Waals surface area contributed by atoms with Crippen LogP contribution in [-0.2, 0) is 6.54 Å². The molecule has 25 heavy (non-hydrogen) atoms. The van der Waals surface area contributed by atoms with E-state index in [0.29, 0.717) is 12.1 Å². The third-order valence-corrected chi connectivity index (χ3v) is 5.14. The summed E-state index contributed by atoms with van der Waals surface area (Å²) in [5, 5.41) is 3.99. The van der Waals surface area contributed by atoms with Crippen molar-refractivity contribution in [2.24, 2.45) is 0 Å². The van der Waals surface area contributed by atoms with E-state index in [1.165, 1.54) is 11.3 Å². The molecule has 0 spiro atoms. The minimum absolute atomic E-state index is 0.105. The number of thiophene rings is 1. The quantitative estimate of drug-likeness (QED) is 0.569. The molecule has 1 N–H and O–H groups in total. The minimum atomic E-state index is -0.105. The van der Waals surface area contributed by atoms with E-state index in [1.54, 1.807) is 6.20 Å². The molecule has 4 rings (SSSR count). The first-order chi connectivity index (χ1) is 12.2. The van der Waals surface area contributed by atoms with Gasteiger partial charge in [-0.1, -0.05) is 11.6 Å². The number of carbonyl (C=O) groups excluding carboxylic acids is 1. The van der Waals surface area contributed by atoms with E-state index in [-0.39, 0.29) is 5.91 Å². The van der Waals surface area contributed by atoms with Gasteiger partial charge in [0.25, 0.3) is 5.91 Å². The average molecular weight is 368 g/mol. The first kappa shape index (κ1) is 15.9. The molecule has 6 heteroatoms. The zero-order chi connectivity index (χ0) is 17.2. The van der Waals surface area contributed by atoms with Gasteiger partial charge < -0.3 is 9.88 Å². The average Bonchev–Trinajstić information content (AvgIpc) is 3.26. The number of fused-ring (bicyclic) bond motifs is 1. The number of amides is 1. The van der Waals surface area contributed by atoms with Crippen LogP contribution in [-0.4, -0.2) is 15.5 Å². The Morgan fingerprint density at radius 1 is 1.12 bits per heavy atom. The van der Waals surface area contributed by atoms with Crippen molar-refractivity contribution in [3.8, 4) is 5.69 Å². The molecular weight excluding hydrogens is 354 g/mol. The molecule has 3 heterocycles. The Hall–Kier alpha value is -2.63. The van der Waals surface area contributed by atoms with Gasteiger partial charge in [-0.15, -0.1) is 11.3 Å². The Balaban J connectivity index is 1.50. The Morgan fingerprint density at radius 3 is 2.72 bits per heavy atom. The van der Waals surface area contributed by atoms with E-state index in [1.807, 2.05) is 65.4 Å². The van der Waals surface area contributed by atoms with Gasteiger partial charge in [-0.2, -0.15) is 0 Å². The van der Waals surface area contributed by atoms with Crippen LogP contribution in [0.15, 0.2) is 67.0 Å². The van der Waals surface area contributed by atoms with Crippen molar-refractivity contribution in [2.45, 2.75) is 6.54 Å². The highest BCUT2D eigenvalue weighted by atomic mass is 35.5. The summed E-state index contributed by atoms with van der Waals surface area (Å²) in [7, 11) is 0. The van der Waals surface area contributed by atoms with Crippen LogP contribution in [0.4, 0.5) is 0 Å². The lowest BCUT2D eigenvalue weighted by Gasteiger charge is -2.07. The smallest absolute Gasteiger partial charge is 0.251 e. The highest BCUT2D eigenvalue weighted by Gasteiger charge is 2.08. The van der Waals surface area contributed by atoms with Crippen molar-refractivity contribution in [3.63, 3.8) is 0 Å². The fourth-order valence-electron chi connectivity index (χ4n) is 2.66. The number of carbonyl (C=O) groups is 1. The molecule has 0 aliphatic carbocycles. The predicted octanol–water partition coefficient (Wildman–Crippen LogP) is 4.67. The molecule has 0 aliphatic rings. The Kier molecular flexibility index (Phi) is 4.26. The minimum Gasteiger partial charge on any atom is -0.347 e. The van der Waals surface area contributed by atoms with E-state index >= 15 is 0 Å². The van der Waals surface area contributed by atoms with Crippen molar-refractivity contribution < 1.29 is 4.79 Å². The summed E-state index contributed by atoms with van der Waals surface area (Å²) in [6.45, 7) is 0.476. The van der Waals surface area contributed by atoms with Gasteiger partial charge in [-0.25, -0.2) is 4.98 Å². The van der Waals surface area contributed by atoms with Crippen LogP contribution in [0.5, 0.6) is 0 Å². The van der Waals surface area contributed by atoms with Crippen LogP contribution >= 0.6 is 22.9 Å². The van der Waals surface area contributed by atoms with Crippen LogP contribution in [0, 0.1) is 0 Å². The number of aromatic nitrogens is 2. The fourth-order valence-corrected chi connectivity index (χ4v) is 3.69. The van der Waals surface area contributed by atoms with Crippen LogP contribution in [0.25, 0.3) is 16.7 Å². The normalized spacial score (nSPS) is 10.9. The lowest BCUT2D eigenvalue weighted by atomic mass is 10.2. The van der Waals surface area contributed by atoms with Crippen LogP contribution in [0.2, 0.25) is 4.34 Å².